The van der Waals surface area contributed by atoms with Crippen LogP contribution in [-0.2, 0) is 4.74 Å². The van der Waals surface area contributed by atoms with Gasteiger partial charge in [-0.25, -0.2) is 4.98 Å². The van der Waals surface area contributed by atoms with Gasteiger partial charge < -0.3 is 19.1 Å². The quantitative estimate of drug-likeness (QED) is 0.819. The summed E-state index contributed by atoms with van der Waals surface area (Å²) in [5, 5.41) is 0.792. The molecule has 7 heteroatoms. The first-order chi connectivity index (χ1) is 12.4. The van der Waals surface area contributed by atoms with Gasteiger partial charge in [-0.3, -0.25) is 4.79 Å². The molecule has 1 aliphatic rings. The second-order valence-corrected chi connectivity index (χ2v) is 7.45. The largest absolute Gasteiger partial charge is 0.493 e. The van der Waals surface area contributed by atoms with Crippen molar-refractivity contribution >= 4 is 17.2 Å². The Hall–Kier alpha value is -2.12. The monoisotopic (exact) mass is 376 g/mol. The van der Waals surface area contributed by atoms with Gasteiger partial charge in [-0.2, -0.15) is 0 Å². The fourth-order valence-electron chi connectivity index (χ4n) is 3.00. The third-order valence-corrected chi connectivity index (χ3v) is 5.68. The number of ether oxygens (including phenoxy) is 3. The van der Waals surface area contributed by atoms with Crippen molar-refractivity contribution in [2.45, 2.75) is 32.9 Å². The number of methoxy groups -OCH3 is 2. The predicted molar refractivity (Wildman–Crippen MR) is 101 cm³/mol. The number of hydrogen-bond acceptors (Lipinski definition) is 6. The maximum absolute atomic E-state index is 13.0. The number of benzene rings is 1. The van der Waals surface area contributed by atoms with Crippen molar-refractivity contribution in [3.8, 4) is 22.1 Å². The first-order valence-electron chi connectivity index (χ1n) is 8.57. The van der Waals surface area contributed by atoms with Crippen molar-refractivity contribution in [1.82, 2.24) is 9.88 Å². The lowest BCUT2D eigenvalue weighted by Crippen LogP contribution is -2.50. The van der Waals surface area contributed by atoms with E-state index in [0.29, 0.717) is 29.5 Å². The Balaban J connectivity index is 1.91. The molecule has 1 amide bonds. The molecule has 0 saturated carbocycles. The SMILES string of the molecule is COc1ccc(-c2nc(C)c(C(=O)N3CC(C)OCC3C)s2)cc1OC. The average molecular weight is 376 g/mol. The second-order valence-electron chi connectivity index (χ2n) is 6.45. The van der Waals surface area contributed by atoms with Gasteiger partial charge in [0.25, 0.3) is 5.91 Å². The Morgan fingerprint density at radius 3 is 2.69 bits per heavy atom. The van der Waals surface area contributed by atoms with Crippen molar-refractivity contribution in [3.63, 3.8) is 0 Å². The minimum atomic E-state index is 0.0226. The summed E-state index contributed by atoms with van der Waals surface area (Å²) < 4.78 is 16.3. The first kappa shape index (κ1) is 18.7. The molecule has 1 aliphatic heterocycles. The molecule has 2 atom stereocenters. The lowest BCUT2D eigenvalue weighted by molar-refractivity contribution is -0.0385. The Bertz CT molecular complexity index is 805. The minimum absolute atomic E-state index is 0.0226. The molecule has 1 fully saturated rings. The summed E-state index contributed by atoms with van der Waals surface area (Å²) in [6, 6.07) is 5.71. The van der Waals surface area contributed by atoms with E-state index in [9.17, 15) is 4.79 Å². The summed E-state index contributed by atoms with van der Waals surface area (Å²) in [5.74, 6) is 1.33. The molecule has 1 aromatic carbocycles. The normalized spacial score (nSPS) is 20.1. The highest BCUT2D eigenvalue weighted by atomic mass is 32.1. The number of amides is 1. The molecule has 26 heavy (non-hydrogen) atoms. The fourth-order valence-corrected chi connectivity index (χ4v) is 4.02. The predicted octanol–water partition coefficient (Wildman–Crippen LogP) is 3.39. The Morgan fingerprint density at radius 2 is 2.00 bits per heavy atom. The van der Waals surface area contributed by atoms with Crippen LogP contribution in [0.5, 0.6) is 11.5 Å². The molecule has 0 bridgehead atoms. The Morgan fingerprint density at radius 1 is 1.27 bits per heavy atom. The third kappa shape index (κ3) is 3.54. The van der Waals surface area contributed by atoms with Crippen LogP contribution in [0, 0.1) is 6.92 Å². The van der Waals surface area contributed by atoms with Gasteiger partial charge in [-0.1, -0.05) is 0 Å². The highest BCUT2D eigenvalue weighted by molar-refractivity contribution is 7.17. The third-order valence-electron chi connectivity index (χ3n) is 4.49. The number of rotatable bonds is 4. The maximum Gasteiger partial charge on any atom is 0.266 e. The number of aryl methyl sites for hydroxylation is 1. The highest BCUT2D eigenvalue weighted by Crippen LogP contribution is 2.35. The van der Waals surface area contributed by atoms with E-state index in [1.807, 2.05) is 43.9 Å². The van der Waals surface area contributed by atoms with Crippen LogP contribution in [0.2, 0.25) is 0 Å². The number of thiazole rings is 1. The van der Waals surface area contributed by atoms with Gasteiger partial charge in [0.1, 0.15) is 9.88 Å². The summed E-state index contributed by atoms with van der Waals surface area (Å²) in [4.78, 5) is 20.2. The molecule has 140 valence electrons. The van der Waals surface area contributed by atoms with Crippen LogP contribution in [0.4, 0.5) is 0 Å². The van der Waals surface area contributed by atoms with Crippen LogP contribution < -0.4 is 9.47 Å². The summed E-state index contributed by atoms with van der Waals surface area (Å²) in [6.07, 6.45) is 0.0497. The number of morpholine rings is 1. The van der Waals surface area contributed by atoms with Gasteiger partial charge in [-0.15, -0.1) is 11.3 Å². The Kier molecular flexibility index (Phi) is 5.48. The van der Waals surface area contributed by atoms with E-state index in [0.717, 1.165) is 16.3 Å². The Labute approximate surface area is 157 Å². The van der Waals surface area contributed by atoms with Gasteiger partial charge in [0.2, 0.25) is 0 Å². The first-order valence-corrected chi connectivity index (χ1v) is 9.38. The molecule has 0 spiro atoms. The van der Waals surface area contributed by atoms with Gasteiger partial charge in [0.05, 0.1) is 38.7 Å². The van der Waals surface area contributed by atoms with Crippen LogP contribution in [0.1, 0.15) is 29.2 Å². The molecule has 3 rings (SSSR count). The summed E-state index contributed by atoms with van der Waals surface area (Å²) in [6.45, 7) is 7.04. The van der Waals surface area contributed by atoms with Gasteiger partial charge in [0, 0.05) is 12.1 Å². The van der Waals surface area contributed by atoms with Crippen LogP contribution in [-0.4, -0.2) is 55.3 Å². The summed E-state index contributed by atoms with van der Waals surface area (Å²) >= 11 is 1.41. The lowest BCUT2D eigenvalue weighted by Gasteiger charge is -2.36. The van der Waals surface area contributed by atoms with Crippen LogP contribution >= 0.6 is 11.3 Å². The fraction of sp³-hybridized carbons (Fsp3) is 0.474. The van der Waals surface area contributed by atoms with Crippen molar-refractivity contribution in [3.05, 3.63) is 28.8 Å². The van der Waals surface area contributed by atoms with E-state index in [1.54, 1.807) is 14.2 Å². The molecule has 6 nitrogen and oxygen atoms in total. The van der Waals surface area contributed by atoms with Crippen LogP contribution in [0.15, 0.2) is 18.2 Å². The average Bonchev–Trinajstić information content (AvgIpc) is 3.04. The topological polar surface area (TPSA) is 60.9 Å². The van der Waals surface area contributed by atoms with Gasteiger partial charge in [0.15, 0.2) is 11.5 Å². The molecule has 0 aliphatic carbocycles. The van der Waals surface area contributed by atoms with E-state index < -0.39 is 0 Å². The van der Waals surface area contributed by atoms with Crippen molar-refractivity contribution in [2.75, 3.05) is 27.4 Å². The molecule has 2 heterocycles. The number of hydrogen-bond donors (Lipinski definition) is 0. The zero-order valence-electron chi connectivity index (χ0n) is 15.7. The standard InChI is InChI=1S/C19H24N2O4S/c1-11-10-25-12(2)9-21(11)19(22)17-13(3)20-18(26-17)14-6-7-15(23-4)16(8-14)24-5/h6-8,11-12H,9-10H2,1-5H3. The molecular formula is C19H24N2O4S. The molecule has 2 unspecified atom stereocenters. The van der Waals surface area contributed by atoms with Crippen molar-refractivity contribution < 1.29 is 19.0 Å². The number of nitrogens with zero attached hydrogens (tertiary/aromatic N) is 2. The van der Waals surface area contributed by atoms with E-state index in [1.165, 1.54) is 11.3 Å². The summed E-state index contributed by atoms with van der Waals surface area (Å²) in [5.41, 5.74) is 1.65. The minimum Gasteiger partial charge on any atom is -0.493 e. The van der Waals surface area contributed by atoms with E-state index in [4.69, 9.17) is 14.2 Å². The second kappa shape index (κ2) is 7.63. The van der Waals surface area contributed by atoms with E-state index in [-0.39, 0.29) is 18.1 Å². The van der Waals surface area contributed by atoms with Gasteiger partial charge >= 0.3 is 0 Å². The summed E-state index contributed by atoms with van der Waals surface area (Å²) in [7, 11) is 3.21. The number of carbonyl (C=O) groups is 1. The van der Waals surface area contributed by atoms with Crippen molar-refractivity contribution in [2.24, 2.45) is 0 Å². The zero-order chi connectivity index (χ0) is 18.8. The zero-order valence-corrected chi connectivity index (χ0v) is 16.6. The molecule has 1 aromatic heterocycles. The molecule has 1 saturated heterocycles. The van der Waals surface area contributed by atoms with E-state index in [2.05, 4.69) is 4.98 Å². The molecule has 2 aromatic rings. The lowest BCUT2D eigenvalue weighted by atomic mass is 10.2. The smallest absolute Gasteiger partial charge is 0.266 e. The van der Waals surface area contributed by atoms with Gasteiger partial charge in [-0.05, 0) is 39.0 Å². The number of carbonyl (C=O) groups excluding carboxylic acids is 1. The van der Waals surface area contributed by atoms with E-state index >= 15 is 0 Å². The number of aromatic nitrogens is 1. The maximum atomic E-state index is 13.0. The van der Waals surface area contributed by atoms with Crippen molar-refractivity contribution in [1.29, 1.82) is 0 Å². The molecular weight excluding hydrogens is 352 g/mol. The van der Waals surface area contributed by atoms with Crippen LogP contribution in [0.3, 0.4) is 0 Å². The molecule has 0 N–H and O–H groups in total. The molecule has 0 radical (unpaired) electrons. The van der Waals surface area contributed by atoms with Crippen LogP contribution in [0.25, 0.3) is 10.6 Å². The highest BCUT2D eigenvalue weighted by Gasteiger charge is 2.30.